The molecule has 1 fully saturated rings. The highest BCUT2D eigenvalue weighted by Crippen LogP contribution is 2.49. The van der Waals surface area contributed by atoms with Gasteiger partial charge in [0, 0.05) is 30.3 Å². The topological polar surface area (TPSA) is 67.1 Å². The zero-order chi connectivity index (χ0) is 20.4. The number of halogens is 2. The Labute approximate surface area is 195 Å². The van der Waals surface area contributed by atoms with Crippen LogP contribution in [0.1, 0.15) is 63.2 Å². The predicted molar refractivity (Wildman–Crippen MR) is 128 cm³/mol. The molecule has 0 saturated heterocycles. The molecule has 2 N–H and O–H groups in total. The fourth-order valence-corrected chi connectivity index (χ4v) is 3.99. The van der Waals surface area contributed by atoms with Crippen molar-refractivity contribution in [3.63, 3.8) is 0 Å². The van der Waals surface area contributed by atoms with Crippen LogP contribution in [-0.2, 0) is 18.4 Å². The Hall–Kier alpha value is -1.71. The molecule has 0 spiro atoms. The molecule has 6 nitrogen and oxygen atoms in total. The van der Waals surface area contributed by atoms with Crippen molar-refractivity contribution in [3.05, 3.63) is 47.3 Å². The van der Waals surface area contributed by atoms with Crippen LogP contribution in [0.15, 0.2) is 29.3 Å². The minimum atomic E-state index is -0.147. The van der Waals surface area contributed by atoms with E-state index < -0.39 is 0 Å². The van der Waals surface area contributed by atoms with E-state index in [0.717, 1.165) is 61.9 Å². The van der Waals surface area contributed by atoms with Gasteiger partial charge in [-0.25, -0.2) is 14.1 Å². The Morgan fingerprint density at radius 2 is 2.10 bits per heavy atom. The molecule has 1 aliphatic carbocycles. The fraction of sp³-hybridized carbons (Fsp3) is 0.591. The van der Waals surface area contributed by atoms with Gasteiger partial charge in [0.05, 0.1) is 13.1 Å². The highest BCUT2D eigenvalue weighted by molar-refractivity contribution is 14.0. The molecule has 164 valence electrons. The first kappa shape index (κ1) is 23.0. The summed E-state index contributed by atoms with van der Waals surface area (Å²) in [4.78, 5) is 9.49. The number of nitrogens with zero attached hydrogens (tertiary/aromatic N) is 4. The van der Waals surface area contributed by atoms with E-state index >= 15 is 0 Å². The van der Waals surface area contributed by atoms with Gasteiger partial charge in [-0.1, -0.05) is 32.0 Å². The molecule has 8 heteroatoms. The summed E-state index contributed by atoms with van der Waals surface area (Å²) >= 11 is 0. The molecular weight excluding hydrogens is 494 g/mol. The number of nitrogens with one attached hydrogen (secondary N) is 2. The minimum absolute atomic E-state index is 0. The second kappa shape index (κ2) is 9.62. The standard InChI is InChI=1S/C22H31FN6.HI/c1-4-24-21(25-14-22(11-12-22)17-7-5-6-8-18(17)23)26-16-9-10-19-27-20(15(2)3)28-29(19)13-16;/h5-8,15-16H,4,9-14H2,1-3H3,(H2,24,25,26);1H. The Morgan fingerprint density at radius 1 is 1.33 bits per heavy atom. The Kier molecular flexibility index (Phi) is 7.36. The van der Waals surface area contributed by atoms with E-state index in [1.807, 2.05) is 16.8 Å². The summed E-state index contributed by atoms with van der Waals surface area (Å²) in [6.45, 7) is 8.48. The van der Waals surface area contributed by atoms with Gasteiger partial charge in [0.15, 0.2) is 11.8 Å². The minimum Gasteiger partial charge on any atom is -0.357 e. The van der Waals surface area contributed by atoms with Crippen molar-refractivity contribution in [1.29, 1.82) is 0 Å². The van der Waals surface area contributed by atoms with Crippen LogP contribution < -0.4 is 10.6 Å². The van der Waals surface area contributed by atoms with Gasteiger partial charge in [-0.05, 0) is 37.8 Å². The molecule has 1 atom stereocenters. The van der Waals surface area contributed by atoms with E-state index in [-0.39, 0.29) is 41.3 Å². The third-order valence-corrected chi connectivity index (χ3v) is 5.91. The number of hydrogen-bond acceptors (Lipinski definition) is 3. The Morgan fingerprint density at radius 3 is 2.77 bits per heavy atom. The van der Waals surface area contributed by atoms with Gasteiger partial charge in [0.2, 0.25) is 0 Å². The van der Waals surface area contributed by atoms with Crippen molar-refractivity contribution in [1.82, 2.24) is 25.4 Å². The zero-order valence-electron chi connectivity index (χ0n) is 18.0. The van der Waals surface area contributed by atoms with Crippen LogP contribution in [0.3, 0.4) is 0 Å². The Bertz CT molecular complexity index is 890. The number of benzene rings is 1. The highest BCUT2D eigenvalue weighted by atomic mass is 127. The average Bonchev–Trinajstić information content (AvgIpc) is 3.36. The summed E-state index contributed by atoms with van der Waals surface area (Å²) < 4.78 is 16.3. The summed E-state index contributed by atoms with van der Waals surface area (Å²) in [7, 11) is 0. The van der Waals surface area contributed by atoms with Crippen molar-refractivity contribution in [2.24, 2.45) is 4.99 Å². The lowest BCUT2D eigenvalue weighted by Gasteiger charge is -2.26. The van der Waals surface area contributed by atoms with Gasteiger partial charge in [0.25, 0.3) is 0 Å². The molecule has 1 aromatic carbocycles. The third kappa shape index (κ3) is 4.95. The smallest absolute Gasteiger partial charge is 0.191 e. The number of hydrogen-bond donors (Lipinski definition) is 2. The summed E-state index contributed by atoms with van der Waals surface area (Å²) in [6, 6.07) is 7.36. The largest absolute Gasteiger partial charge is 0.357 e. The van der Waals surface area contributed by atoms with Crippen LogP contribution in [0.4, 0.5) is 4.39 Å². The van der Waals surface area contributed by atoms with Gasteiger partial charge < -0.3 is 10.6 Å². The van der Waals surface area contributed by atoms with Crippen LogP contribution in [0.25, 0.3) is 0 Å². The van der Waals surface area contributed by atoms with Crippen molar-refractivity contribution in [2.75, 3.05) is 13.1 Å². The maximum Gasteiger partial charge on any atom is 0.191 e. The molecule has 0 radical (unpaired) electrons. The summed E-state index contributed by atoms with van der Waals surface area (Å²) in [6.07, 6.45) is 3.89. The molecule has 1 aromatic heterocycles. The first-order valence-electron chi connectivity index (χ1n) is 10.7. The lowest BCUT2D eigenvalue weighted by atomic mass is 9.95. The third-order valence-electron chi connectivity index (χ3n) is 5.91. The van der Waals surface area contributed by atoms with E-state index in [1.165, 1.54) is 0 Å². The molecule has 1 unspecified atom stereocenters. The summed E-state index contributed by atoms with van der Waals surface area (Å²) in [5.74, 6) is 3.01. The number of aryl methyl sites for hydroxylation is 1. The van der Waals surface area contributed by atoms with Crippen LogP contribution in [0.2, 0.25) is 0 Å². The zero-order valence-corrected chi connectivity index (χ0v) is 20.3. The summed E-state index contributed by atoms with van der Waals surface area (Å²) in [5.41, 5.74) is 0.650. The van der Waals surface area contributed by atoms with Crippen LogP contribution in [0, 0.1) is 5.82 Å². The van der Waals surface area contributed by atoms with E-state index in [4.69, 9.17) is 4.99 Å². The molecule has 30 heavy (non-hydrogen) atoms. The molecular formula is C22H32FIN6. The lowest BCUT2D eigenvalue weighted by molar-refractivity contribution is 0.391. The van der Waals surface area contributed by atoms with E-state index in [0.29, 0.717) is 12.5 Å². The molecule has 2 aliphatic rings. The highest BCUT2D eigenvalue weighted by Gasteiger charge is 2.45. The van der Waals surface area contributed by atoms with Crippen molar-refractivity contribution in [2.45, 2.75) is 70.4 Å². The van der Waals surface area contributed by atoms with E-state index in [1.54, 1.807) is 12.1 Å². The van der Waals surface area contributed by atoms with E-state index in [9.17, 15) is 4.39 Å². The quantitative estimate of drug-likeness (QED) is 0.342. The monoisotopic (exact) mass is 526 g/mol. The van der Waals surface area contributed by atoms with Gasteiger partial charge in [0.1, 0.15) is 11.6 Å². The normalized spacial score (nSPS) is 19.8. The molecule has 2 aromatic rings. The molecule has 0 amide bonds. The molecule has 0 bridgehead atoms. The van der Waals surface area contributed by atoms with Gasteiger partial charge >= 0.3 is 0 Å². The lowest BCUT2D eigenvalue weighted by Crippen LogP contribution is -2.47. The van der Waals surface area contributed by atoms with Crippen molar-refractivity contribution in [3.8, 4) is 0 Å². The SMILES string of the molecule is CCNC(=NCC1(c2ccccc2F)CC1)NC1CCc2nc(C(C)C)nn2C1.I. The first-order chi connectivity index (χ1) is 14.0. The van der Waals surface area contributed by atoms with Crippen LogP contribution >= 0.6 is 24.0 Å². The summed E-state index contributed by atoms with van der Waals surface area (Å²) in [5, 5.41) is 11.6. The van der Waals surface area contributed by atoms with Crippen molar-refractivity contribution < 1.29 is 4.39 Å². The average molecular weight is 526 g/mol. The molecule has 4 rings (SSSR count). The molecule has 1 saturated carbocycles. The fourth-order valence-electron chi connectivity index (χ4n) is 3.99. The first-order valence-corrected chi connectivity index (χ1v) is 10.7. The van der Waals surface area contributed by atoms with Crippen LogP contribution in [-0.4, -0.2) is 39.9 Å². The number of guanidine groups is 1. The van der Waals surface area contributed by atoms with Crippen LogP contribution in [0.5, 0.6) is 0 Å². The van der Waals surface area contributed by atoms with Crippen molar-refractivity contribution >= 4 is 29.9 Å². The maximum absolute atomic E-state index is 14.3. The second-order valence-corrected chi connectivity index (χ2v) is 8.56. The second-order valence-electron chi connectivity index (χ2n) is 8.56. The maximum atomic E-state index is 14.3. The number of rotatable bonds is 6. The predicted octanol–water partition coefficient (Wildman–Crippen LogP) is 3.76. The molecule has 2 heterocycles. The van der Waals surface area contributed by atoms with Gasteiger partial charge in [-0.3, -0.25) is 4.99 Å². The number of aromatic nitrogens is 3. The van der Waals surface area contributed by atoms with E-state index in [2.05, 4.69) is 41.5 Å². The van der Waals surface area contributed by atoms with Gasteiger partial charge in [-0.2, -0.15) is 5.10 Å². The number of fused-ring (bicyclic) bond motifs is 1. The number of aliphatic imine (C=N–C) groups is 1. The molecule has 1 aliphatic heterocycles. The Balaban J connectivity index is 0.00000256. The van der Waals surface area contributed by atoms with Gasteiger partial charge in [-0.15, -0.1) is 24.0 Å².